The summed E-state index contributed by atoms with van der Waals surface area (Å²) in [5, 5.41) is 0. The van der Waals surface area contributed by atoms with Gasteiger partial charge < -0.3 is 4.74 Å². The highest BCUT2D eigenvalue weighted by atomic mass is 79.9. The Bertz CT molecular complexity index is 1290. The van der Waals surface area contributed by atoms with Crippen LogP contribution in [0.3, 0.4) is 0 Å². The normalized spacial score (nSPS) is 16.4. The summed E-state index contributed by atoms with van der Waals surface area (Å²) in [5.74, 6) is -0.484. The topological polar surface area (TPSA) is 60.7 Å². The molecule has 0 amide bonds. The summed E-state index contributed by atoms with van der Waals surface area (Å²) in [6, 6.07) is 16.6. The van der Waals surface area contributed by atoms with Crippen LogP contribution in [0.25, 0.3) is 6.08 Å². The maximum atomic E-state index is 13.3. The van der Waals surface area contributed by atoms with E-state index < -0.39 is 12.0 Å². The molecule has 0 spiro atoms. The van der Waals surface area contributed by atoms with E-state index in [9.17, 15) is 9.59 Å². The third kappa shape index (κ3) is 3.63. The number of esters is 1. The highest BCUT2D eigenvalue weighted by Crippen LogP contribution is 2.30. The lowest BCUT2D eigenvalue weighted by molar-refractivity contribution is -0.136. The van der Waals surface area contributed by atoms with Crippen molar-refractivity contribution >= 4 is 39.3 Å². The van der Waals surface area contributed by atoms with Crippen LogP contribution in [-0.2, 0) is 9.53 Å². The minimum absolute atomic E-state index is 0.181. The number of ether oxygens (including phenoxy) is 1. The van der Waals surface area contributed by atoms with E-state index >= 15 is 0 Å². The van der Waals surface area contributed by atoms with Crippen LogP contribution in [0.5, 0.6) is 0 Å². The van der Waals surface area contributed by atoms with Crippen LogP contribution in [0, 0.1) is 0 Å². The third-order valence-electron chi connectivity index (χ3n) is 4.71. The predicted molar refractivity (Wildman–Crippen MR) is 116 cm³/mol. The molecule has 4 rings (SSSR count). The molecule has 1 aliphatic heterocycles. The molecule has 0 bridgehead atoms. The molecule has 0 saturated carbocycles. The Labute approximate surface area is 179 Å². The van der Waals surface area contributed by atoms with Crippen molar-refractivity contribution in [1.82, 2.24) is 4.57 Å². The van der Waals surface area contributed by atoms with Gasteiger partial charge >= 0.3 is 5.97 Å². The Morgan fingerprint density at radius 3 is 2.52 bits per heavy atom. The van der Waals surface area contributed by atoms with Gasteiger partial charge in [0.15, 0.2) is 4.80 Å². The number of halogens is 1. The molecule has 0 N–H and O–H groups in total. The molecule has 0 fully saturated rings. The van der Waals surface area contributed by atoms with Gasteiger partial charge in [0.2, 0.25) is 0 Å². The van der Waals surface area contributed by atoms with Crippen molar-refractivity contribution < 1.29 is 9.53 Å². The number of carbonyl (C=O) groups excluding carboxylic acids is 1. The highest BCUT2D eigenvalue weighted by Gasteiger charge is 2.32. The van der Waals surface area contributed by atoms with Crippen LogP contribution in [0.4, 0.5) is 0 Å². The molecule has 7 heteroatoms. The summed E-state index contributed by atoms with van der Waals surface area (Å²) in [4.78, 5) is 31.0. The van der Waals surface area contributed by atoms with E-state index in [1.807, 2.05) is 60.7 Å². The van der Waals surface area contributed by atoms with E-state index in [1.165, 1.54) is 18.4 Å². The monoisotopic (exact) mass is 468 g/mol. The fourth-order valence-corrected chi connectivity index (χ4v) is 4.66. The van der Waals surface area contributed by atoms with Crippen LogP contribution in [0.2, 0.25) is 0 Å². The summed E-state index contributed by atoms with van der Waals surface area (Å²) in [5.41, 5.74) is 2.50. The first kappa shape index (κ1) is 19.5. The average Bonchev–Trinajstić information content (AvgIpc) is 3.03. The van der Waals surface area contributed by atoms with E-state index in [-0.39, 0.29) is 5.56 Å². The molecule has 1 aromatic heterocycles. The quantitative estimate of drug-likeness (QED) is 0.554. The molecule has 29 heavy (non-hydrogen) atoms. The second kappa shape index (κ2) is 7.93. The number of allylic oxidation sites excluding steroid dienone is 1. The van der Waals surface area contributed by atoms with E-state index in [0.29, 0.717) is 20.6 Å². The van der Waals surface area contributed by atoms with Gasteiger partial charge in [0.25, 0.3) is 5.56 Å². The number of rotatable bonds is 3. The number of thiazole rings is 1. The zero-order valence-corrected chi connectivity index (χ0v) is 18.2. The van der Waals surface area contributed by atoms with Gasteiger partial charge in [0.1, 0.15) is 0 Å². The fourth-order valence-electron chi connectivity index (χ4n) is 3.35. The van der Waals surface area contributed by atoms with Gasteiger partial charge in [-0.3, -0.25) is 9.36 Å². The largest absolute Gasteiger partial charge is 0.466 e. The van der Waals surface area contributed by atoms with E-state index in [0.717, 1.165) is 15.6 Å². The molecule has 1 atom stereocenters. The van der Waals surface area contributed by atoms with Crippen molar-refractivity contribution in [3.8, 4) is 0 Å². The maximum absolute atomic E-state index is 13.3. The number of hydrogen-bond acceptors (Lipinski definition) is 5. The van der Waals surface area contributed by atoms with Crippen molar-refractivity contribution in [1.29, 1.82) is 0 Å². The number of aromatic nitrogens is 1. The lowest BCUT2D eigenvalue weighted by Crippen LogP contribution is -2.39. The van der Waals surface area contributed by atoms with Gasteiger partial charge in [0.05, 0.1) is 29.0 Å². The number of methoxy groups -OCH3 is 1. The van der Waals surface area contributed by atoms with Crippen LogP contribution in [-0.4, -0.2) is 17.6 Å². The number of fused-ring (bicyclic) bond motifs is 1. The van der Waals surface area contributed by atoms with Crippen LogP contribution < -0.4 is 14.9 Å². The smallest absolute Gasteiger partial charge is 0.338 e. The van der Waals surface area contributed by atoms with Gasteiger partial charge in [-0.25, -0.2) is 9.79 Å². The first-order valence-corrected chi connectivity index (χ1v) is 10.5. The number of nitrogens with zero attached hydrogens (tertiary/aromatic N) is 2. The maximum Gasteiger partial charge on any atom is 0.338 e. The Morgan fingerprint density at radius 1 is 1.17 bits per heavy atom. The molecule has 1 unspecified atom stereocenters. The Morgan fingerprint density at radius 2 is 1.86 bits per heavy atom. The molecule has 146 valence electrons. The lowest BCUT2D eigenvalue weighted by atomic mass is 9.96. The highest BCUT2D eigenvalue weighted by molar-refractivity contribution is 9.10. The van der Waals surface area contributed by atoms with Gasteiger partial charge in [-0.15, -0.1) is 0 Å². The van der Waals surface area contributed by atoms with Gasteiger partial charge in [-0.2, -0.15) is 0 Å². The van der Waals surface area contributed by atoms with Crippen molar-refractivity contribution in [3.05, 3.63) is 101 Å². The van der Waals surface area contributed by atoms with Gasteiger partial charge in [0, 0.05) is 4.47 Å². The first-order valence-electron chi connectivity index (χ1n) is 8.91. The minimum Gasteiger partial charge on any atom is -0.466 e. The van der Waals surface area contributed by atoms with Gasteiger partial charge in [-0.05, 0) is 36.3 Å². The third-order valence-corrected chi connectivity index (χ3v) is 6.22. The summed E-state index contributed by atoms with van der Waals surface area (Å²) < 4.78 is 8.12. The van der Waals surface area contributed by atoms with Crippen molar-refractivity contribution in [2.75, 3.05) is 7.11 Å². The van der Waals surface area contributed by atoms with Crippen LogP contribution >= 0.6 is 27.3 Å². The SMILES string of the molecule is COC(=O)C1=C(C)N=c2sc(=Cc3ccc(Br)cc3)c(=O)n2C1c1ccccc1. The Kier molecular flexibility index (Phi) is 5.34. The van der Waals surface area contributed by atoms with Crippen LogP contribution in [0.1, 0.15) is 24.1 Å². The molecule has 0 aliphatic carbocycles. The Balaban J connectivity index is 1.97. The number of benzene rings is 2. The van der Waals surface area contributed by atoms with Crippen LogP contribution in [0.15, 0.2) is 80.1 Å². The molecule has 0 saturated heterocycles. The molecule has 1 aliphatic rings. The zero-order valence-electron chi connectivity index (χ0n) is 15.8. The fraction of sp³-hybridized carbons (Fsp3) is 0.136. The molecule has 0 radical (unpaired) electrons. The van der Waals surface area contributed by atoms with Crippen molar-refractivity contribution in [2.45, 2.75) is 13.0 Å². The second-order valence-corrected chi connectivity index (χ2v) is 8.46. The Hall–Kier alpha value is -2.77. The average molecular weight is 469 g/mol. The van der Waals surface area contributed by atoms with Crippen molar-refractivity contribution in [2.24, 2.45) is 4.99 Å². The number of hydrogen-bond donors (Lipinski definition) is 0. The molecule has 3 aromatic rings. The first-order chi connectivity index (χ1) is 14.0. The minimum atomic E-state index is -0.577. The zero-order chi connectivity index (χ0) is 20.5. The lowest BCUT2D eigenvalue weighted by Gasteiger charge is -2.24. The van der Waals surface area contributed by atoms with Gasteiger partial charge in [-0.1, -0.05) is 69.7 Å². The molecule has 2 heterocycles. The molecule has 2 aromatic carbocycles. The summed E-state index contributed by atoms with van der Waals surface area (Å²) >= 11 is 4.73. The second-order valence-electron chi connectivity index (χ2n) is 6.54. The molecular formula is C22H17BrN2O3S. The van der Waals surface area contributed by atoms with E-state index in [2.05, 4.69) is 20.9 Å². The predicted octanol–water partition coefficient (Wildman–Crippen LogP) is 3.17. The summed E-state index contributed by atoms with van der Waals surface area (Å²) in [6.07, 6.45) is 1.84. The van der Waals surface area contributed by atoms with E-state index in [1.54, 1.807) is 11.5 Å². The summed E-state index contributed by atoms with van der Waals surface area (Å²) in [6.45, 7) is 1.77. The number of carbonyl (C=O) groups is 1. The standard InChI is InChI=1S/C22H17BrN2O3S/c1-13-18(21(27)28-2)19(15-6-4-3-5-7-15)25-20(26)17(29-22(25)24-13)12-14-8-10-16(23)11-9-14/h3-12,19H,1-2H3. The summed E-state index contributed by atoms with van der Waals surface area (Å²) in [7, 11) is 1.34. The molecular weight excluding hydrogens is 452 g/mol. The van der Waals surface area contributed by atoms with E-state index in [4.69, 9.17) is 4.74 Å². The molecule has 5 nitrogen and oxygen atoms in total. The van der Waals surface area contributed by atoms with Crippen molar-refractivity contribution in [3.63, 3.8) is 0 Å².